The summed E-state index contributed by atoms with van der Waals surface area (Å²) in [4.78, 5) is 10.5. The quantitative estimate of drug-likeness (QED) is 0.562. The molecule has 1 rings (SSSR count). The first-order valence-corrected chi connectivity index (χ1v) is 3.38. The molecule has 0 atom stereocenters. The average molecular weight is 148 g/mol. The van der Waals surface area contributed by atoms with Gasteiger partial charge in [0.05, 0.1) is 11.5 Å². The third kappa shape index (κ3) is 1.72. The van der Waals surface area contributed by atoms with Crippen molar-refractivity contribution < 1.29 is 4.79 Å². The largest absolute Gasteiger partial charge is 0.344 e. The molecule has 0 aliphatic heterocycles. The summed E-state index contributed by atoms with van der Waals surface area (Å²) in [5.74, 6) is 1.49. The Bertz CT molecular complexity index is 252. The van der Waals surface area contributed by atoms with Crippen LogP contribution in [0.1, 0.15) is 12.8 Å². The van der Waals surface area contributed by atoms with Crippen LogP contribution in [-0.4, -0.2) is 12.5 Å². The zero-order valence-electron chi connectivity index (χ0n) is 6.05. The predicted octanol–water partition coefficient (Wildman–Crippen LogP) is 0.0396. The highest BCUT2D eigenvalue weighted by atomic mass is 16.1. The lowest BCUT2D eigenvalue weighted by Gasteiger charge is -2.03. The fourth-order valence-corrected chi connectivity index (χ4v) is 0.780. The van der Waals surface area contributed by atoms with E-state index in [1.165, 1.54) is 0 Å². The highest BCUT2D eigenvalue weighted by Gasteiger charge is 2.43. The highest BCUT2D eigenvalue weighted by Crippen LogP contribution is 2.43. The molecule has 3 heteroatoms. The van der Waals surface area contributed by atoms with Crippen LogP contribution in [0.4, 0.5) is 0 Å². The lowest BCUT2D eigenvalue weighted by molar-refractivity contribution is -0.115. The van der Waals surface area contributed by atoms with E-state index >= 15 is 0 Å². The Morgan fingerprint density at radius 2 is 2.36 bits per heavy atom. The van der Waals surface area contributed by atoms with Gasteiger partial charge in [-0.3, -0.25) is 4.79 Å². The van der Waals surface area contributed by atoms with Crippen molar-refractivity contribution in [3.05, 3.63) is 0 Å². The Morgan fingerprint density at radius 3 is 2.73 bits per heavy atom. The van der Waals surface area contributed by atoms with Crippen LogP contribution < -0.4 is 5.32 Å². The smallest absolute Gasteiger partial charge is 0.295 e. The molecule has 0 radical (unpaired) electrons. The van der Waals surface area contributed by atoms with E-state index in [9.17, 15) is 4.79 Å². The minimum absolute atomic E-state index is 0.299. The molecule has 56 valence electrons. The number of carbonyl (C=O) groups excluding carboxylic acids is 1. The van der Waals surface area contributed by atoms with E-state index < -0.39 is 5.91 Å². The van der Waals surface area contributed by atoms with Crippen LogP contribution in [-0.2, 0) is 4.79 Å². The molecule has 11 heavy (non-hydrogen) atoms. The van der Waals surface area contributed by atoms with Gasteiger partial charge in [-0.1, -0.05) is 0 Å². The first kappa shape index (κ1) is 7.63. The highest BCUT2D eigenvalue weighted by molar-refractivity contribution is 5.92. The summed E-state index contributed by atoms with van der Waals surface area (Å²) in [7, 11) is 0. The second-order valence-electron chi connectivity index (χ2n) is 2.72. The van der Waals surface area contributed by atoms with Crippen molar-refractivity contribution in [1.82, 2.24) is 5.32 Å². The normalized spacial score (nSPS) is 17.6. The predicted molar refractivity (Wildman–Crippen MR) is 39.1 cm³/mol. The molecule has 0 saturated heterocycles. The van der Waals surface area contributed by atoms with Crippen LogP contribution in [0.2, 0.25) is 0 Å². The molecule has 1 saturated carbocycles. The molecule has 1 amide bonds. The summed E-state index contributed by atoms with van der Waals surface area (Å²) in [5, 5.41) is 11.1. The second-order valence-corrected chi connectivity index (χ2v) is 2.72. The topological polar surface area (TPSA) is 52.9 Å². The van der Waals surface area contributed by atoms with Crippen molar-refractivity contribution in [2.24, 2.45) is 5.41 Å². The first-order valence-electron chi connectivity index (χ1n) is 3.38. The van der Waals surface area contributed by atoms with Crippen molar-refractivity contribution in [2.45, 2.75) is 12.8 Å². The van der Waals surface area contributed by atoms with Crippen molar-refractivity contribution in [2.75, 3.05) is 6.54 Å². The van der Waals surface area contributed by atoms with Gasteiger partial charge in [-0.15, -0.1) is 6.42 Å². The fraction of sp³-hybridized carbons (Fsp3) is 0.500. The Kier molecular flexibility index (Phi) is 1.83. The molecule has 0 aromatic rings. The summed E-state index contributed by atoms with van der Waals surface area (Å²) < 4.78 is 0. The van der Waals surface area contributed by atoms with Gasteiger partial charge in [0, 0.05) is 6.54 Å². The van der Waals surface area contributed by atoms with Crippen molar-refractivity contribution in [3.8, 4) is 18.4 Å². The third-order valence-electron chi connectivity index (χ3n) is 1.81. The molecule has 1 N–H and O–H groups in total. The van der Waals surface area contributed by atoms with Crippen molar-refractivity contribution in [3.63, 3.8) is 0 Å². The van der Waals surface area contributed by atoms with E-state index in [1.807, 2.05) is 5.92 Å². The number of nitrogens with one attached hydrogen (secondary N) is 1. The zero-order valence-corrected chi connectivity index (χ0v) is 6.05. The van der Waals surface area contributed by atoms with Gasteiger partial charge in [-0.05, 0) is 18.8 Å². The van der Waals surface area contributed by atoms with Gasteiger partial charge in [0.25, 0.3) is 5.91 Å². The lowest BCUT2D eigenvalue weighted by atomic mass is 10.1. The van der Waals surface area contributed by atoms with Gasteiger partial charge in [0.2, 0.25) is 0 Å². The van der Waals surface area contributed by atoms with Crippen LogP contribution in [0.5, 0.6) is 0 Å². The standard InChI is InChI=1S/C8H8N2O/c1-2-7(11)10-6-8(5-9)3-4-8/h1H,3-4,6H2,(H,10,11). The number of amides is 1. The summed E-state index contributed by atoms with van der Waals surface area (Å²) in [5.41, 5.74) is -0.299. The zero-order chi connectivity index (χ0) is 8.32. The van der Waals surface area contributed by atoms with Gasteiger partial charge in [0.15, 0.2) is 0 Å². The lowest BCUT2D eigenvalue weighted by Crippen LogP contribution is -2.28. The minimum Gasteiger partial charge on any atom is -0.344 e. The van der Waals surface area contributed by atoms with E-state index in [2.05, 4.69) is 11.4 Å². The van der Waals surface area contributed by atoms with Crippen molar-refractivity contribution >= 4 is 5.91 Å². The van der Waals surface area contributed by atoms with Gasteiger partial charge in [0.1, 0.15) is 0 Å². The first-order chi connectivity index (χ1) is 5.22. The second kappa shape index (κ2) is 2.64. The third-order valence-corrected chi connectivity index (χ3v) is 1.81. The van der Waals surface area contributed by atoms with Crippen LogP contribution in [0.3, 0.4) is 0 Å². The van der Waals surface area contributed by atoms with Crippen LogP contribution in [0.15, 0.2) is 0 Å². The number of hydrogen-bond acceptors (Lipinski definition) is 2. The molecule has 0 aromatic heterocycles. The van der Waals surface area contributed by atoms with Gasteiger partial charge in [-0.2, -0.15) is 5.26 Å². The number of carbonyl (C=O) groups is 1. The number of terminal acetylenes is 1. The summed E-state index contributed by atoms with van der Waals surface area (Å²) >= 11 is 0. The molecule has 0 unspecified atom stereocenters. The molecule has 0 heterocycles. The number of rotatable bonds is 2. The van der Waals surface area contributed by atoms with E-state index in [4.69, 9.17) is 11.7 Å². The Morgan fingerprint density at radius 1 is 1.73 bits per heavy atom. The maximum Gasteiger partial charge on any atom is 0.295 e. The molecular weight excluding hydrogens is 140 g/mol. The molecule has 0 aromatic carbocycles. The number of nitrogens with zero attached hydrogens (tertiary/aromatic N) is 1. The Labute approximate surface area is 65.4 Å². The molecule has 3 nitrogen and oxygen atoms in total. The molecule has 1 aliphatic carbocycles. The van der Waals surface area contributed by atoms with E-state index in [-0.39, 0.29) is 5.41 Å². The maximum absolute atomic E-state index is 10.5. The molecule has 1 aliphatic rings. The van der Waals surface area contributed by atoms with E-state index in [1.54, 1.807) is 0 Å². The fourth-order valence-electron chi connectivity index (χ4n) is 0.780. The van der Waals surface area contributed by atoms with Crippen molar-refractivity contribution in [1.29, 1.82) is 5.26 Å². The monoisotopic (exact) mass is 148 g/mol. The summed E-state index contributed by atoms with van der Waals surface area (Å²) in [6.45, 7) is 0.395. The minimum atomic E-state index is -0.438. The summed E-state index contributed by atoms with van der Waals surface area (Å²) in [6, 6.07) is 2.15. The molecule has 1 fully saturated rings. The van der Waals surface area contributed by atoms with Gasteiger partial charge < -0.3 is 5.32 Å². The van der Waals surface area contributed by atoms with Crippen LogP contribution >= 0.6 is 0 Å². The van der Waals surface area contributed by atoms with Crippen LogP contribution in [0, 0.1) is 29.1 Å². The van der Waals surface area contributed by atoms with E-state index in [0.717, 1.165) is 12.8 Å². The van der Waals surface area contributed by atoms with Gasteiger partial charge >= 0.3 is 0 Å². The number of hydrogen-bond donors (Lipinski definition) is 1. The molecular formula is C8H8N2O. The SMILES string of the molecule is C#CC(=O)NCC1(C#N)CC1. The van der Waals surface area contributed by atoms with Gasteiger partial charge in [-0.25, -0.2) is 0 Å². The molecule has 0 bridgehead atoms. The summed E-state index contributed by atoms with van der Waals surface area (Å²) in [6.07, 6.45) is 6.56. The Balaban J connectivity index is 2.30. The van der Waals surface area contributed by atoms with E-state index in [0.29, 0.717) is 6.54 Å². The average Bonchev–Trinajstić information content (AvgIpc) is 2.81. The number of nitriles is 1. The maximum atomic E-state index is 10.5. The molecule has 0 spiro atoms. The Hall–Kier alpha value is -1.48. The van der Waals surface area contributed by atoms with Crippen LogP contribution in [0.25, 0.3) is 0 Å².